The molecule has 94 valence electrons. The van der Waals surface area contributed by atoms with E-state index in [4.69, 9.17) is 4.74 Å². The first-order chi connectivity index (χ1) is 7.26. The Morgan fingerprint density at radius 1 is 1.38 bits per heavy atom. The largest absolute Gasteiger partial charge is 0.548 e. The van der Waals surface area contributed by atoms with Gasteiger partial charge >= 0.3 is 6.09 Å². The van der Waals surface area contributed by atoms with Gasteiger partial charge in [0.1, 0.15) is 5.60 Å². The van der Waals surface area contributed by atoms with Crippen LogP contribution in [0.1, 0.15) is 47.0 Å². The highest BCUT2D eigenvalue weighted by atomic mass is 16.6. The topological polar surface area (TPSA) is 78.5 Å². The summed E-state index contributed by atoms with van der Waals surface area (Å²) in [6.07, 6.45) is 1.21. The monoisotopic (exact) mass is 230 g/mol. The van der Waals surface area contributed by atoms with E-state index in [1.807, 2.05) is 6.92 Å². The summed E-state index contributed by atoms with van der Waals surface area (Å²) in [5.41, 5.74) is -0.634. The third-order valence-electron chi connectivity index (χ3n) is 1.82. The summed E-state index contributed by atoms with van der Waals surface area (Å²) >= 11 is 0. The maximum absolute atomic E-state index is 11.3. The molecule has 0 saturated heterocycles. The van der Waals surface area contributed by atoms with Crippen LogP contribution < -0.4 is 10.4 Å². The van der Waals surface area contributed by atoms with E-state index in [-0.39, 0.29) is 0 Å². The summed E-state index contributed by atoms with van der Waals surface area (Å²) in [6, 6.07) is -0.977. The van der Waals surface area contributed by atoms with Gasteiger partial charge in [-0.15, -0.1) is 0 Å². The first-order valence-electron chi connectivity index (χ1n) is 5.46. The minimum absolute atomic E-state index is 0.359. The van der Waals surface area contributed by atoms with E-state index in [1.165, 1.54) is 0 Å². The molecule has 0 fully saturated rings. The number of aliphatic carboxylic acids is 1. The molecule has 5 heteroatoms. The summed E-state index contributed by atoms with van der Waals surface area (Å²) in [4.78, 5) is 22.0. The summed E-state index contributed by atoms with van der Waals surface area (Å²) in [7, 11) is 0. The Labute approximate surface area is 96.2 Å². The van der Waals surface area contributed by atoms with Gasteiger partial charge in [-0.1, -0.05) is 19.8 Å². The van der Waals surface area contributed by atoms with E-state index in [0.29, 0.717) is 12.8 Å². The Balaban J connectivity index is 4.19. The lowest BCUT2D eigenvalue weighted by atomic mass is 10.1. The molecule has 5 nitrogen and oxygen atoms in total. The Morgan fingerprint density at radius 3 is 2.31 bits per heavy atom. The van der Waals surface area contributed by atoms with Crippen molar-refractivity contribution in [1.29, 1.82) is 0 Å². The summed E-state index contributed by atoms with van der Waals surface area (Å²) in [5.74, 6) is -1.28. The number of alkyl carbamates (subject to hydrolysis) is 1. The van der Waals surface area contributed by atoms with Crippen LogP contribution in [0.25, 0.3) is 0 Å². The zero-order valence-corrected chi connectivity index (χ0v) is 10.3. The van der Waals surface area contributed by atoms with Crippen molar-refractivity contribution in [3.05, 3.63) is 0 Å². The van der Waals surface area contributed by atoms with Crippen LogP contribution in [-0.4, -0.2) is 23.7 Å². The molecule has 1 amide bonds. The zero-order valence-electron chi connectivity index (χ0n) is 10.3. The number of carbonyl (C=O) groups is 2. The number of carboxylic acid groups (broad SMARTS) is 1. The third kappa shape index (κ3) is 7.09. The quantitative estimate of drug-likeness (QED) is 0.758. The number of amides is 1. The maximum atomic E-state index is 11.3. The Morgan fingerprint density at radius 2 is 1.94 bits per heavy atom. The fourth-order valence-corrected chi connectivity index (χ4v) is 1.11. The molecule has 0 aliphatic heterocycles. The molecule has 16 heavy (non-hydrogen) atoms. The molecule has 1 N–H and O–H groups in total. The number of hydrogen-bond acceptors (Lipinski definition) is 4. The van der Waals surface area contributed by atoms with Crippen molar-refractivity contribution in [2.24, 2.45) is 0 Å². The predicted molar refractivity (Wildman–Crippen MR) is 57.7 cm³/mol. The summed E-state index contributed by atoms with van der Waals surface area (Å²) < 4.78 is 4.96. The van der Waals surface area contributed by atoms with Gasteiger partial charge in [0.15, 0.2) is 0 Å². The molecule has 0 spiro atoms. The lowest BCUT2D eigenvalue weighted by molar-refractivity contribution is -0.308. The van der Waals surface area contributed by atoms with E-state index >= 15 is 0 Å². The fraction of sp³-hybridized carbons (Fsp3) is 0.818. The average molecular weight is 230 g/mol. The number of carbonyl (C=O) groups excluding carboxylic acids is 2. The van der Waals surface area contributed by atoms with Crippen molar-refractivity contribution in [1.82, 2.24) is 5.32 Å². The van der Waals surface area contributed by atoms with E-state index in [0.717, 1.165) is 6.42 Å². The van der Waals surface area contributed by atoms with E-state index in [2.05, 4.69) is 5.32 Å². The summed E-state index contributed by atoms with van der Waals surface area (Å²) in [6.45, 7) is 7.09. The molecule has 0 aliphatic carbocycles. The molecule has 0 aromatic rings. The molecule has 0 aliphatic rings. The van der Waals surface area contributed by atoms with Crippen LogP contribution in [0.15, 0.2) is 0 Å². The number of hydrogen-bond donors (Lipinski definition) is 1. The van der Waals surface area contributed by atoms with Gasteiger partial charge in [-0.25, -0.2) is 4.79 Å². The molecule has 0 heterocycles. The predicted octanol–water partition coefficient (Wildman–Crippen LogP) is 0.820. The van der Waals surface area contributed by atoms with Crippen molar-refractivity contribution in [2.45, 2.75) is 58.6 Å². The van der Waals surface area contributed by atoms with Gasteiger partial charge in [-0.3, -0.25) is 0 Å². The Hall–Kier alpha value is -1.26. The van der Waals surface area contributed by atoms with Crippen LogP contribution in [-0.2, 0) is 9.53 Å². The van der Waals surface area contributed by atoms with E-state index in [1.54, 1.807) is 20.8 Å². The number of rotatable bonds is 5. The smallest absolute Gasteiger partial charge is 0.408 e. The minimum Gasteiger partial charge on any atom is -0.548 e. The van der Waals surface area contributed by atoms with Gasteiger partial charge in [0.25, 0.3) is 0 Å². The Bertz CT molecular complexity index is 245. The van der Waals surface area contributed by atoms with Crippen LogP contribution in [0.2, 0.25) is 0 Å². The third-order valence-corrected chi connectivity index (χ3v) is 1.82. The van der Waals surface area contributed by atoms with E-state index < -0.39 is 23.7 Å². The second kappa shape index (κ2) is 6.35. The molecule has 1 atom stereocenters. The SMILES string of the molecule is CCCCC(NC(=O)OC(C)(C)C)C(=O)[O-]. The number of nitrogens with one attached hydrogen (secondary N) is 1. The van der Waals surface area contributed by atoms with Crippen molar-refractivity contribution in [2.75, 3.05) is 0 Å². The molecule has 0 aromatic heterocycles. The molecule has 0 bridgehead atoms. The maximum Gasteiger partial charge on any atom is 0.408 e. The van der Waals surface area contributed by atoms with Crippen LogP contribution in [0.5, 0.6) is 0 Å². The highest BCUT2D eigenvalue weighted by molar-refractivity contribution is 5.78. The van der Waals surface area contributed by atoms with Crippen molar-refractivity contribution >= 4 is 12.1 Å². The fourth-order valence-electron chi connectivity index (χ4n) is 1.11. The molecular weight excluding hydrogens is 210 g/mol. The van der Waals surface area contributed by atoms with Crippen LogP contribution >= 0.6 is 0 Å². The molecule has 0 saturated carbocycles. The normalized spacial score (nSPS) is 13.0. The number of ether oxygens (including phenoxy) is 1. The highest BCUT2D eigenvalue weighted by Gasteiger charge is 2.19. The van der Waals surface area contributed by atoms with Crippen LogP contribution in [0, 0.1) is 0 Å². The number of unbranched alkanes of at least 4 members (excludes halogenated alkanes) is 1. The molecule has 0 radical (unpaired) electrons. The average Bonchev–Trinajstić information content (AvgIpc) is 2.08. The van der Waals surface area contributed by atoms with Crippen molar-refractivity contribution in [3.63, 3.8) is 0 Å². The van der Waals surface area contributed by atoms with Gasteiger partial charge in [-0.05, 0) is 27.2 Å². The first-order valence-corrected chi connectivity index (χ1v) is 5.46. The highest BCUT2D eigenvalue weighted by Crippen LogP contribution is 2.07. The first kappa shape index (κ1) is 14.7. The standard InChI is InChI=1S/C11H21NO4/c1-5-6-7-8(9(13)14)12-10(15)16-11(2,3)4/h8H,5-7H2,1-4H3,(H,12,15)(H,13,14)/p-1. The minimum atomic E-state index is -1.28. The lowest BCUT2D eigenvalue weighted by Gasteiger charge is -2.24. The Kier molecular flexibility index (Phi) is 5.85. The number of carboxylic acids is 1. The second-order valence-electron chi connectivity index (χ2n) is 4.66. The lowest BCUT2D eigenvalue weighted by Crippen LogP contribution is -2.49. The van der Waals surface area contributed by atoms with Gasteiger partial charge in [0, 0.05) is 0 Å². The molecule has 0 rings (SSSR count). The van der Waals surface area contributed by atoms with E-state index in [9.17, 15) is 14.7 Å². The van der Waals surface area contributed by atoms with Gasteiger partial charge in [0.2, 0.25) is 0 Å². The summed E-state index contributed by atoms with van der Waals surface area (Å²) in [5, 5.41) is 13.0. The van der Waals surface area contributed by atoms with Crippen LogP contribution in [0.3, 0.4) is 0 Å². The van der Waals surface area contributed by atoms with Gasteiger partial charge in [0.05, 0.1) is 12.0 Å². The van der Waals surface area contributed by atoms with Crippen molar-refractivity contribution < 1.29 is 19.4 Å². The van der Waals surface area contributed by atoms with Crippen molar-refractivity contribution in [3.8, 4) is 0 Å². The molecular formula is C11H20NO4-. The van der Waals surface area contributed by atoms with Gasteiger partial charge in [-0.2, -0.15) is 0 Å². The van der Waals surface area contributed by atoms with Gasteiger partial charge < -0.3 is 20.0 Å². The zero-order chi connectivity index (χ0) is 12.8. The molecule has 0 aromatic carbocycles. The second-order valence-corrected chi connectivity index (χ2v) is 4.66. The van der Waals surface area contributed by atoms with Crippen LogP contribution in [0.4, 0.5) is 4.79 Å². The molecule has 1 unspecified atom stereocenters.